The molecule has 0 spiro atoms. The third-order valence-electron chi connectivity index (χ3n) is 5.49. The molecule has 0 saturated carbocycles. The number of benzene rings is 1. The van der Waals surface area contributed by atoms with E-state index in [-0.39, 0.29) is 11.9 Å². The summed E-state index contributed by atoms with van der Waals surface area (Å²) in [5, 5.41) is 0. The average molecular weight is 360 g/mol. The third kappa shape index (κ3) is 2.40. The molecule has 2 aromatic heterocycles. The number of carbonyl (C=O) groups excluding carboxylic acids is 1. The quantitative estimate of drug-likeness (QED) is 0.720. The van der Waals surface area contributed by atoms with Crippen molar-refractivity contribution in [3.05, 3.63) is 60.8 Å². The van der Waals surface area contributed by atoms with E-state index in [2.05, 4.69) is 22.1 Å². The van der Waals surface area contributed by atoms with Gasteiger partial charge in [0.15, 0.2) is 0 Å². The van der Waals surface area contributed by atoms with Crippen molar-refractivity contribution in [1.29, 1.82) is 0 Å². The van der Waals surface area contributed by atoms with E-state index in [4.69, 9.17) is 4.74 Å². The Morgan fingerprint density at radius 3 is 2.78 bits per heavy atom. The molecular weight excluding hydrogens is 340 g/mol. The molecule has 2 aliphatic heterocycles. The van der Waals surface area contributed by atoms with Crippen molar-refractivity contribution < 1.29 is 9.53 Å². The molecule has 136 valence electrons. The van der Waals surface area contributed by atoms with Crippen LogP contribution in [0.3, 0.4) is 0 Å². The molecule has 1 amide bonds. The lowest BCUT2D eigenvalue weighted by Crippen LogP contribution is -2.52. The minimum absolute atomic E-state index is 0.127. The molecule has 4 heterocycles. The predicted molar refractivity (Wildman–Crippen MR) is 102 cm³/mol. The van der Waals surface area contributed by atoms with Crippen LogP contribution < -0.4 is 4.90 Å². The molecule has 0 unspecified atom stereocenters. The van der Waals surface area contributed by atoms with Gasteiger partial charge >= 0.3 is 0 Å². The van der Waals surface area contributed by atoms with Gasteiger partial charge in [0.05, 0.1) is 42.4 Å². The van der Waals surface area contributed by atoms with Crippen molar-refractivity contribution in [3.8, 4) is 16.9 Å². The van der Waals surface area contributed by atoms with Gasteiger partial charge in [-0.25, -0.2) is 4.98 Å². The molecule has 27 heavy (non-hydrogen) atoms. The molecule has 0 bridgehead atoms. The lowest BCUT2D eigenvalue weighted by atomic mass is 9.86. The van der Waals surface area contributed by atoms with Crippen LogP contribution in [0.15, 0.2) is 55.2 Å². The SMILES string of the molecule is CC1(C)C(=O)N(C2COC2)c2cc(-n3cnc(-c4cccnc4)c3)ccc21. The van der Waals surface area contributed by atoms with Crippen LogP contribution in [0.2, 0.25) is 0 Å². The zero-order valence-electron chi connectivity index (χ0n) is 15.3. The molecule has 5 rings (SSSR count). The maximum atomic E-state index is 13.0. The van der Waals surface area contributed by atoms with E-state index in [0.29, 0.717) is 13.2 Å². The summed E-state index contributed by atoms with van der Waals surface area (Å²) in [5.41, 5.74) is 4.35. The average Bonchev–Trinajstić information content (AvgIpc) is 3.20. The maximum Gasteiger partial charge on any atom is 0.237 e. The number of anilines is 1. The first-order valence-corrected chi connectivity index (χ1v) is 9.06. The molecule has 1 aromatic carbocycles. The van der Waals surface area contributed by atoms with Crippen molar-refractivity contribution in [2.24, 2.45) is 0 Å². The topological polar surface area (TPSA) is 60.2 Å². The number of aromatic nitrogens is 3. The second-order valence-electron chi connectivity index (χ2n) is 7.60. The Morgan fingerprint density at radius 2 is 2.07 bits per heavy atom. The number of hydrogen-bond donors (Lipinski definition) is 0. The van der Waals surface area contributed by atoms with Crippen molar-refractivity contribution >= 4 is 11.6 Å². The van der Waals surface area contributed by atoms with Gasteiger partial charge < -0.3 is 14.2 Å². The number of ether oxygens (including phenoxy) is 1. The Hall–Kier alpha value is -2.99. The zero-order valence-corrected chi connectivity index (χ0v) is 15.3. The largest absolute Gasteiger partial charge is 0.377 e. The maximum absolute atomic E-state index is 13.0. The number of amides is 1. The summed E-state index contributed by atoms with van der Waals surface area (Å²) in [5.74, 6) is 0.143. The summed E-state index contributed by atoms with van der Waals surface area (Å²) in [6.45, 7) is 5.18. The summed E-state index contributed by atoms with van der Waals surface area (Å²) < 4.78 is 7.31. The summed E-state index contributed by atoms with van der Waals surface area (Å²) >= 11 is 0. The Kier molecular flexibility index (Phi) is 3.45. The Balaban J connectivity index is 1.56. The lowest BCUT2D eigenvalue weighted by Gasteiger charge is -2.35. The highest BCUT2D eigenvalue weighted by Gasteiger charge is 2.48. The number of fused-ring (bicyclic) bond motifs is 1. The van der Waals surface area contributed by atoms with Crippen LogP contribution in [-0.4, -0.2) is 39.7 Å². The summed E-state index contributed by atoms with van der Waals surface area (Å²) in [4.78, 5) is 23.6. The number of rotatable bonds is 3. The molecule has 0 N–H and O–H groups in total. The molecular formula is C21H20N4O2. The van der Waals surface area contributed by atoms with E-state index in [0.717, 1.165) is 28.2 Å². The molecule has 0 radical (unpaired) electrons. The monoisotopic (exact) mass is 360 g/mol. The van der Waals surface area contributed by atoms with Gasteiger partial charge in [0.1, 0.15) is 0 Å². The van der Waals surface area contributed by atoms with E-state index < -0.39 is 5.41 Å². The van der Waals surface area contributed by atoms with Gasteiger partial charge in [0, 0.05) is 29.8 Å². The summed E-state index contributed by atoms with van der Waals surface area (Å²) in [6.07, 6.45) is 7.33. The summed E-state index contributed by atoms with van der Waals surface area (Å²) in [7, 11) is 0. The van der Waals surface area contributed by atoms with Crippen molar-refractivity contribution in [2.75, 3.05) is 18.1 Å². The normalized spacial score (nSPS) is 18.4. The molecule has 6 heteroatoms. The van der Waals surface area contributed by atoms with Crippen molar-refractivity contribution in [2.45, 2.75) is 25.3 Å². The first kappa shape index (κ1) is 16.2. The second-order valence-corrected chi connectivity index (χ2v) is 7.60. The fourth-order valence-corrected chi connectivity index (χ4v) is 3.80. The molecule has 1 saturated heterocycles. The van der Waals surface area contributed by atoms with Crippen LogP contribution >= 0.6 is 0 Å². The number of nitrogens with zero attached hydrogens (tertiary/aromatic N) is 4. The van der Waals surface area contributed by atoms with Crippen LogP contribution in [0.1, 0.15) is 19.4 Å². The highest BCUT2D eigenvalue weighted by Crippen LogP contribution is 2.44. The highest BCUT2D eigenvalue weighted by molar-refractivity contribution is 6.08. The van der Waals surface area contributed by atoms with Crippen LogP contribution in [0, 0.1) is 0 Å². The van der Waals surface area contributed by atoms with E-state index in [1.807, 2.05) is 47.7 Å². The molecule has 0 atom stereocenters. The smallest absolute Gasteiger partial charge is 0.237 e. The highest BCUT2D eigenvalue weighted by atomic mass is 16.5. The molecule has 3 aromatic rings. The Bertz CT molecular complexity index is 1020. The van der Waals surface area contributed by atoms with Crippen LogP contribution in [0.25, 0.3) is 16.9 Å². The van der Waals surface area contributed by atoms with Gasteiger partial charge in [-0.2, -0.15) is 0 Å². The van der Waals surface area contributed by atoms with Gasteiger partial charge in [0.2, 0.25) is 5.91 Å². The number of imidazole rings is 1. The number of hydrogen-bond acceptors (Lipinski definition) is 4. The van der Waals surface area contributed by atoms with Gasteiger partial charge in [-0.05, 0) is 43.7 Å². The fourth-order valence-electron chi connectivity index (χ4n) is 3.80. The first-order valence-electron chi connectivity index (χ1n) is 9.06. The van der Waals surface area contributed by atoms with Crippen LogP contribution in [-0.2, 0) is 14.9 Å². The standard InChI is InChI=1S/C21H20N4O2/c1-21(2)17-6-5-15(8-19(17)25(20(21)26)16-11-27-12-16)24-10-18(23-13-24)14-4-3-7-22-9-14/h3-10,13,16H,11-12H2,1-2H3. The van der Waals surface area contributed by atoms with Crippen molar-refractivity contribution in [3.63, 3.8) is 0 Å². The van der Waals surface area contributed by atoms with E-state index in [9.17, 15) is 4.79 Å². The van der Waals surface area contributed by atoms with Gasteiger partial charge in [0.25, 0.3) is 0 Å². The number of carbonyl (C=O) groups is 1. The minimum atomic E-state index is -0.515. The fraction of sp³-hybridized carbons (Fsp3) is 0.286. The van der Waals surface area contributed by atoms with Gasteiger partial charge in [-0.3, -0.25) is 9.78 Å². The molecule has 0 aliphatic carbocycles. The van der Waals surface area contributed by atoms with Crippen molar-refractivity contribution in [1.82, 2.24) is 14.5 Å². The van der Waals surface area contributed by atoms with Gasteiger partial charge in [-0.15, -0.1) is 0 Å². The zero-order chi connectivity index (χ0) is 18.6. The second kappa shape index (κ2) is 5.76. The van der Waals surface area contributed by atoms with E-state index in [1.165, 1.54) is 0 Å². The van der Waals surface area contributed by atoms with E-state index in [1.54, 1.807) is 18.7 Å². The third-order valence-corrected chi connectivity index (χ3v) is 5.49. The molecule has 2 aliphatic rings. The minimum Gasteiger partial charge on any atom is -0.377 e. The molecule has 1 fully saturated rings. The Labute approximate surface area is 157 Å². The first-order chi connectivity index (χ1) is 13.1. The summed E-state index contributed by atoms with van der Waals surface area (Å²) in [6, 6.07) is 10.2. The van der Waals surface area contributed by atoms with Gasteiger partial charge in [-0.1, -0.05) is 6.07 Å². The predicted octanol–water partition coefficient (Wildman–Crippen LogP) is 2.96. The van der Waals surface area contributed by atoms with Crippen LogP contribution in [0.4, 0.5) is 5.69 Å². The van der Waals surface area contributed by atoms with Crippen LogP contribution in [0.5, 0.6) is 0 Å². The Morgan fingerprint density at radius 1 is 1.22 bits per heavy atom. The number of pyridine rings is 1. The lowest BCUT2D eigenvalue weighted by molar-refractivity contribution is -0.124. The molecule has 6 nitrogen and oxygen atoms in total. The van der Waals surface area contributed by atoms with E-state index >= 15 is 0 Å².